The van der Waals surface area contributed by atoms with E-state index in [0.717, 1.165) is 27.9 Å². The maximum absolute atomic E-state index is 8.85. The highest BCUT2D eigenvalue weighted by atomic mass is 16.3. The molecule has 0 bridgehead atoms. The molecular formula is C18H16N2O. The Kier molecular flexibility index (Phi) is 3.25. The molecule has 2 aromatic carbocycles. The predicted octanol–water partition coefficient (Wildman–Crippen LogP) is 3.97. The molecule has 0 radical (unpaired) electrons. The number of furan rings is 1. The van der Waals surface area contributed by atoms with Gasteiger partial charge < -0.3 is 10.2 Å². The summed E-state index contributed by atoms with van der Waals surface area (Å²) >= 11 is 0. The number of nitrogens with two attached hydrogens (primary N) is 1. The van der Waals surface area contributed by atoms with E-state index in [0.29, 0.717) is 5.56 Å². The van der Waals surface area contributed by atoms with Crippen LogP contribution >= 0.6 is 0 Å². The van der Waals surface area contributed by atoms with Gasteiger partial charge in [0.1, 0.15) is 11.3 Å². The van der Waals surface area contributed by atoms with Crippen molar-refractivity contribution < 1.29 is 4.42 Å². The number of nitriles is 1. The molecule has 0 saturated heterocycles. The maximum Gasteiger partial charge on any atom is 0.134 e. The Morgan fingerprint density at radius 2 is 1.81 bits per heavy atom. The number of aryl methyl sites for hydroxylation is 2. The number of fused-ring (bicyclic) bond motifs is 1. The Balaban J connectivity index is 2.06. The lowest BCUT2D eigenvalue weighted by Crippen LogP contribution is -2.11. The summed E-state index contributed by atoms with van der Waals surface area (Å²) in [4.78, 5) is 0. The first-order valence-corrected chi connectivity index (χ1v) is 6.85. The van der Waals surface area contributed by atoms with Gasteiger partial charge in [0.05, 0.1) is 17.7 Å². The van der Waals surface area contributed by atoms with Crippen LogP contribution in [0, 0.1) is 25.2 Å². The lowest BCUT2D eigenvalue weighted by Gasteiger charge is -2.10. The molecule has 0 aliphatic heterocycles. The molecule has 3 rings (SSSR count). The van der Waals surface area contributed by atoms with E-state index < -0.39 is 0 Å². The Hall–Kier alpha value is -2.57. The molecule has 3 aromatic rings. The number of benzene rings is 2. The summed E-state index contributed by atoms with van der Waals surface area (Å²) in [6, 6.07) is 15.2. The van der Waals surface area contributed by atoms with E-state index in [-0.39, 0.29) is 6.04 Å². The maximum atomic E-state index is 8.85. The van der Waals surface area contributed by atoms with Gasteiger partial charge in [-0.05, 0) is 43.7 Å². The zero-order valence-electron chi connectivity index (χ0n) is 12.1. The molecule has 2 N–H and O–H groups in total. The summed E-state index contributed by atoms with van der Waals surface area (Å²) in [7, 11) is 0. The molecule has 0 aliphatic carbocycles. The zero-order valence-corrected chi connectivity index (χ0v) is 12.1. The van der Waals surface area contributed by atoms with Crippen LogP contribution in [0.2, 0.25) is 0 Å². The molecule has 0 aliphatic rings. The Labute approximate surface area is 123 Å². The van der Waals surface area contributed by atoms with E-state index in [4.69, 9.17) is 15.4 Å². The molecule has 0 saturated carbocycles. The van der Waals surface area contributed by atoms with E-state index in [1.54, 1.807) is 12.1 Å². The molecule has 0 amide bonds. The van der Waals surface area contributed by atoms with Gasteiger partial charge in [0, 0.05) is 10.9 Å². The smallest absolute Gasteiger partial charge is 0.134 e. The van der Waals surface area contributed by atoms with Crippen LogP contribution in [0.5, 0.6) is 0 Å². The fourth-order valence-corrected chi connectivity index (χ4v) is 2.57. The number of hydrogen-bond acceptors (Lipinski definition) is 3. The van der Waals surface area contributed by atoms with Gasteiger partial charge in [0.25, 0.3) is 0 Å². The lowest BCUT2D eigenvalue weighted by molar-refractivity contribution is 0.521. The summed E-state index contributed by atoms with van der Waals surface area (Å²) < 4.78 is 5.94. The van der Waals surface area contributed by atoms with Crippen molar-refractivity contribution in [1.29, 1.82) is 5.26 Å². The summed E-state index contributed by atoms with van der Waals surface area (Å²) in [6.45, 7) is 4.09. The van der Waals surface area contributed by atoms with Crippen LogP contribution in [0.3, 0.4) is 0 Å². The van der Waals surface area contributed by atoms with Gasteiger partial charge in [-0.2, -0.15) is 5.26 Å². The van der Waals surface area contributed by atoms with Gasteiger partial charge >= 0.3 is 0 Å². The van der Waals surface area contributed by atoms with Crippen molar-refractivity contribution in [2.45, 2.75) is 19.9 Å². The molecule has 0 fully saturated rings. The zero-order chi connectivity index (χ0) is 15.0. The van der Waals surface area contributed by atoms with E-state index in [2.05, 4.69) is 19.1 Å². The third-order valence-corrected chi connectivity index (χ3v) is 3.81. The van der Waals surface area contributed by atoms with Gasteiger partial charge in [0.15, 0.2) is 0 Å². The van der Waals surface area contributed by atoms with Crippen molar-refractivity contribution in [3.8, 4) is 6.07 Å². The van der Waals surface area contributed by atoms with E-state index in [1.807, 2.05) is 31.2 Å². The highest BCUT2D eigenvalue weighted by molar-refractivity contribution is 5.83. The molecular weight excluding hydrogens is 260 g/mol. The van der Waals surface area contributed by atoms with E-state index >= 15 is 0 Å². The first-order valence-electron chi connectivity index (χ1n) is 6.85. The minimum absolute atomic E-state index is 0.328. The minimum atomic E-state index is -0.328. The van der Waals surface area contributed by atoms with Gasteiger partial charge in [-0.25, -0.2) is 0 Å². The third kappa shape index (κ3) is 2.31. The van der Waals surface area contributed by atoms with Crippen molar-refractivity contribution in [2.75, 3.05) is 0 Å². The molecule has 3 heteroatoms. The van der Waals surface area contributed by atoms with Crippen LogP contribution < -0.4 is 5.73 Å². The second-order valence-corrected chi connectivity index (χ2v) is 5.30. The Morgan fingerprint density at radius 1 is 1.10 bits per heavy atom. The monoisotopic (exact) mass is 276 g/mol. The quantitative estimate of drug-likeness (QED) is 0.770. The number of nitrogens with zero attached hydrogens (tertiary/aromatic N) is 1. The largest absolute Gasteiger partial charge is 0.459 e. The SMILES string of the molecule is Cc1ccc2oc(C(N)c3ccc(C#N)cc3)c(C)c2c1. The van der Waals surface area contributed by atoms with E-state index in [1.165, 1.54) is 5.56 Å². The van der Waals surface area contributed by atoms with Crippen LogP contribution in [-0.4, -0.2) is 0 Å². The average Bonchev–Trinajstić information content (AvgIpc) is 2.83. The molecule has 21 heavy (non-hydrogen) atoms. The van der Waals surface area contributed by atoms with Crippen molar-refractivity contribution in [1.82, 2.24) is 0 Å². The van der Waals surface area contributed by atoms with Crippen molar-refractivity contribution in [3.63, 3.8) is 0 Å². The van der Waals surface area contributed by atoms with Gasteiger partial charge in [-0.3, -0.25) is 0 Å². The fraction of sp³-hybridized carbons (Fsp3) is 0.167. The highest BCUT2D eigenvalue weighted by Gasteiger charge is 2.18. The predicted molar refractivity (Wildman–Crippen MR) is 82.9 cm³/mol. The minimum Gasteiger partial charge on any atom is -0.459 e. The second kappa shape index (κ2) is 5.08. The molecule has 104 valence electrons. The standard InChI is InChI=1S/C18H16N2O/c1-11-3-8-16-15(9-11)12(2)18(21-16)17(20)14-6-4-13(10-19)5-7-14/h3-9,17H,20H2,1-2H3. The molecule has 3 nitrogen and oxygen atoms in total. The van der Waals surface area contributed by atoms with Gasteiger partial charge in [-0.1, -0.05) is 23.8 Å². The summed E-state index contributed by atoms with van der Waals surface area (Å²) in [5, 5.41) is 9.96. The van der Waals surface area contributed by atoms with Crippen molar-refractivity contribution in [2.24, 2.45) is 5.73 Å². The third-order valence-electron chi connectivity index (χ3n) is 3.81. The number of hydrogen-bond donors (Lipinski definition) is 1. The van der Waals surface area contributed by atoms with Crippen LogP contribution in [0.4, 0.5) is 0 Å². The molecule has 1 atom stereocenters. The van der Waals surface area contributed by atoms with Crippen LogP contribution in [0.15, 0.2) is 46.9 Å². The van der Waals surface area contributed by atoms with Gasteiger partial charge in [-0.15, -0.1) is 0 Å². The lowest BCUT2D eigenvalue weighted by atomic mass is 10.0. The number of rotatable bonds is 2. The fourth-order valence-electron chi connectivity index (χ4n) is 2.57. The average molecular weight is 276 g/mol. The molecule has 0 spiro atoms. The molecule has 1 unspecified atom stereocenters. The van der Waals surface area contributed by atoms with Crippen LogP contribution in [0.1, 0.15) is 34.1 Å². The van der Waals surface area contributed by atoms with Crippen molar-refractivity contribution >= 4 is 11.0 Å². The van der Waals surface area contributed by atoms with Gasteiger partial charge in [0.2, 0.25) is 0 Å². The topological polar surface area (TPSA) is 62.9 Å². The molecule has 1 aromatic heterocycles. The summed E-state index contributed by atoms with van der Waals surface area (Å²) in [5.74, 6) is 0.778. The first kappa shape index (κ1) is 13.4. The molecule has 1 heterocycles. The highest BCUT2D eigenvalue weighted by Crippen LogP contribution is 2.32. The van der Waals surface area contributed by atoms with Crippen LogP contribution in [-0.2, 0) is 0 Å². The second-order valence-electron chi connectivity index (χ2n) is 5.30. The Bertz CT molecular complexity index is 838. The van der Waals surface area contributed by atoms with Crippen LogP contribution in [0.25, 0.3) is 11.0 Å². The Morgan fingerprint density at radius 3 is 2.48 bits per heavy atom. The first-order chi connectivity index (χ1) is 10.1. The van der Waals surface area contributed by atoms with E-state index in [9.17, 15) is 0 Å². The summed E-state index contributed by atoms with van der Waals surface area (Å²) in [5.41, 5.74) is 11.0. The normalized spacial score (nSPS) is 12.3. The van der Waals surface area contributed by atoms with Crippen molar-refractivity contribution in [3.05, 3.63) is 70.5 Å². The summed E-state index contributed by atoms with van der Waals surface area (Å²) in [6.07, 6.45) is 0.